The van der Waals surface area contributed by atoms with Crippen molar-refractivity contribution in [2.24, 2.45) is 11.8 Å². The number of nitrogens with one attached hydrogen (secondary N) is 1. The van der Waals surface area contributed by atoms with Gasteiger partial charge in [-0.1, -0.05) is 13.8 Å². The van der Waals surface area contributed by atoms with Crippen molar-refractivity contribution in [1.29, 1.82) is 0 Å². The molecule has 0 spiro atoms. The molecule has 0 radical (unpaired) electrons. The van der Waals surface area contributed by atoms with Crippen LogP contribution in [0.1, 0.15) is 33.6 Å². The summed E-state index contributed by atoms with van der Waals surface area (Å²) in [7, 11) is -3.48. The summed E-state index contributed by atoms with van der Waals surface area (Å²) in [5, 5.41) is 0. The fraction of sp³-hybridized carbons (Fsp3) is 0.941. The maximum absolute atomic E-state index is 12.4. The number of rotatable bonds is 7. The van der Waals surface area contributed by atoms with Crippen molar-refractivity contribution in [1.82, 2.24) is 18.8 Å². The van der Waals surface area contributed by atoms with E-state index >= 15 is 0 Å². The van der Waals surface area contributed by atoms with Gasteiger partial charge in [0.15, 0.2) is 0 Å². The normalized spacial score (nSPS) is 26.0. The van der Waals surface area contributed by atoms with Crippen molar-refractivity contribution in [2.75, 3.05) is 59.0 Å². The van der Waals surface area contributed by atoms with Crippen LogP contribution >= 0.6 is 0 Å². The largest absolute Gasteiger partial charge is 0.450 e. The Kier molecular flexibility index (Phi) is 8.12. The summed E-state index contributed by atoms with van der Waals surface area (Å²) in [5.74, 6) is 1.43. The Labute approximate surface area is 158 Å². The van der Waals surface area contributed by atoms with Crippen molar-refractivity contribution in [2.45, 2.75) is 33.6 Å². The van der Waals surface area contributed by atoms with E-state index in [1.54, 1.807) is 11.8 Å². The van der Waals surface area contributed by atoms with Gasteiger partial charge in [0.1, 0.15) is 0 Å². The molecule has 8 nitrogen and oxygen atoms in total. The van der Waals surface area contributed by atoms with Gasteiger partial charge in [-0.2, -0.15) is 12.7 Å². The highest BCUT2D eigenvalue weighted by Gasteiger charge is 2.29. The highest BCUT2D eigenvalue weighted by atomic mass is 32.2. The van der Waals surface area contributed by atoms with E-state index in [9.17, 15) is 13.2 Å². The van der Waals surface area contributed by atoms with Gasteiger partial charge in [0.05, 0.1) is 6.61 Å². The van der Waals surface area contributed by atoms with Crippen LogP contribution in [-0.2, 0) is 14.9 Å². The lowest BCUT2D eigenvalue weighted by Crippen LogP contribution is -2.53. The molecule has 2 atom stereocenters. The van der Waals surface area contributed by atoms with Crippen LogP contribution in [0, 0.1) is 11.8 Å². The second-order valence-corrected chi connectivity index (χ2v) is 9.30. The number of amides is 1. The number of likely N-dealkylation sites (tertiary alicyclic amines) is 1. The molecule has 0 aliphatic carbocycles. The Balaban J connectivity index is 1.68. The second kappa shape index (κ2) is 9.87. The van der Waals surface area contributed by atoms with E-state index in [-0.39, 0.29) is 6.09 Å². The van der Waals surface area contributed by atoms with Crippen molar-refractivity contribution >= 4 is 16.3 Å². The lowest BCUT2D eigenvalue weighted by atomic mass is 9.92. The van der Waals surface area contributed by atoms with Gasteiger partial charge < -0.3 is 14.5 Å². The summed E-state index contributed by atoms with van der Waals surface area (Å²) in [6, 6.07) is 0. The first-order chi connectivity index (χ1) is 12.3. The molecule has 2 heterocycles. The second-order valence-electron chi connectivity index (χ2n) is 7.54. The molecule has 9 heteroatoms. The molecule has 2 aliphatic rings. The van der Waals surface area contributed by atoms with Crippen LogP contribution in [0.4, 0.5) is 4.79 Å². The first-order valence-electron chi connectivity index (χ1n) is 9.70. The number of carbonyl (C=O) groups excluding carboxylic acids is 1. The van der Waals surface area contributed by atoms with E-state index in [0.717, 1.165) is 26.1 Å². The highest BCUT2D eigenvalue weighted by molar-refractivity contribution is 7.87. The fourth-order valence-electron chi connectivity index (χ4n) is 3.90. The number of piperazine rings is 1. The molecule has 2 unspecified atom stereocenters. The molecule has 1 N–H and O–H groups in total. The minimum absolute atomic E-state index is 0.301. The Morgan fingerprint density at radius 1 is 1.12 bits per heavy atom. The van der Waals surface area contributed by atoms with Gasteiger partial charge in [0.2, 0.25) is 0 Å². The summed E-state index contributed by atoms with van der Waals surface area (Å²) >= 11 is 0. The minimum atomic E-state index is -3.48. The number of hydrogen-bond acceptors (Lipinski definition) is 5. The molecule has 1 amide bonds. The number of hydrogen-bond donors (Lipinski definition) is 1. The third kappa shape index (κ3) is 6.37. The van der Waals surface area contributed by atoms with Crippen LogP contribution in [0.2, 0.25) is 0 Å². The summed E-state index contributed by atoms with van der Waals surface area (Å²) in [4.78, 5) is 15.7. The summed E-state index contributed by atoms with van der Waals surface area (Å²) < 4.78 is 33.9. The lowest BCUT2D eigenvalue weighted by Gasteiger charge is -2.35. The molecule has 2 fully saturated rings. The molecule has 152 valence electrons. The van der Waals surface area contributed by atoms with Crippen LogP contribution in [0.15, 0.2) is 0 Å². The Bertz CT molecular complexity index is 539. The Morgan fingerprint density at radius 2 is 1.73 bits per heavy atom. The fourth-order valence-corrected chi connectivity index (χ4v) is 5.12. The molecule has 2 aliphatic heterocycles. The van der Waals surface area contributed by atoms with Gasteiger partial charge in [-0.15, -0.1) is 0 Å². The van der Waals surface area contributed by atoms with E-state index < -0.39 is 10.2 Å². The van der Waals surface area contributed by atoms with Crippen molar-refractivity contribution in [3.63, 3.8) is 0 Å². The standard InChI is InChI=1S/C17H34N4O4S/c1-4-25-17(22)20-8-10-21(11-9-20)26(23,24)18-6-5-7-19-13-15(2)12-16(3)14-19/h15-16,18H,4-14H2,1-3H3. The van der Waals surface area contributed by atoms with Crippen LogP contribution in [0.5, 0.6) is 0 Å². The van der Waals surface area contributed by atoms with Crippen molar-refractivity contribution in [3.05, 3.63) is 0 Å². The van der Waals surface area contributed by atoms with Gasteiger partial charge in [-0.05, 0) is 38.1 Å². The molecular formula is C17H34N4O4S. The zero-order valence-corrected chi connectivity index (χ0v) is 17.1. The van der Waals surface area contributed by atoms with E-state index in [4.69, 9.17) is 4.74 Å². The topological polar surface area (TPSA) is 82.2 Å². The lowest BCUT2D eigenvalue weighted by molar-refractivity contribution is 0.0932. The molecule has 2 rings (SSSR count). The monoisotopic (exact) mass is 390 g/mol. The number of piperidine rings is 1. The molecule has 0 aromatic heterocycles. The molecule has 26 heavy (non-hydrogen) atoms. The van der Waals surface area contributed by atoms with Crippen LogP contribution in [-0.4, -0.2) is 87.6 Å². The van der Waals surface area contributed by atoms with E-state index in [1.807, 2.05) is 0 Å². The van der Waals surface area contributed by atoms with E-state index in [2.05, 4.69) is 23.5 Å². The molecule has 2 saturated heterocycles. The molecule has 0 aromatic carbocycles. The predicted octanol–water partition coefficient (Wildman–Crippen LogP) is 0.963. The number of nitrogens with zero attached hydrogens (tertiary/aromatic N) is 3. The summed E-state index contributed by atoms with van der Waals surface area (Å²) in [6.45, 7) is 11.5. The summed E-state index contributed by atoms with van der Waals surface area (Å²) in [5.41, 5.74) is 0. The van der Waals surface area contributed by atoms with Gasteiger partial charge in [0, 0.05) is 45.8 Å². The quantitative estimate of drug-likeness (QED) is 0.655. The summed E-state index contributed by atoms with van der Waals surface area (Å²) in [6.07, 6.45) is 1.71. The first kappa shape index (κ1) is 21.4. The van der Waals surface area contributed by atoms with Crippen molar-refractivity contribution in [3.8, 4) is 0 Å². The van der Waals surface area contributed by atoms with Crippen LogP contribution < -0.4 is 4.72 Å². The smallest absolute Gasteiger partial charge is 0.409 e. The third-order valence-corrected chi connectivity index (χ3v) is 6.60. The van der Waals surface area contributed by atoms with Crippen molar-refractivity contribution < 1.29 is 17.9 Å². The average molecular weight is 391 g/mol. The Morgan fingerprint density at radius 3 is 2.31 bits per heavy atom. The van der Waals surface area contributed by atoms with Gasteiger partial charge in [-0.3, -0.25) is 0 Å². The third-order valence-electron chi connectivity index (χ3n) is 4.98. The number of carbonyl (C=O) groups is 1. The Hall–Kier alpha value is -0.900. The maximum atomic E-state index is 12.4. The van der Waals surface area contributed by atoms with Crippen LogP contribution in [0.3, 0.4) is 0 Å². The molecular weight excluding hydrogens is 356 g/mol. The number of ether oxygens (including phenoxy) is 1. The highest BCUT2D eigenvalue weighted by Crippen LogP contribution is 2.20. The SMILES string of the molecule is CCOC(=O)N1CCN(S(=O)(=O)NCCCN2CC(C)CC(C)C2)CC1. The van der Waals surface area contributed by atoms with Crippen LogP contribution in [0.25, 0.3) is 0 Å². The van der Waals surface area contributed by atoms with Gasteiger partial charge in [0.25, 0.3) is 10.2 Å². The average Bonchev–Trinajstić information content (AvgIpc) is 2.58. The van der Waals surface area contributed by atoms with E-state index in [1.165, 1.54) is 10.7 Å². The predicted molar refractivity (Wildman–Crippen MR) is 101 cm³/mol. The first-order valence-corrected chi connectivity index (χ1v) is 11.1. The molecule has 0 saturated carbocycles. The zero-order valence-electron chi connectivity index (χ0n) is 16.3. The zero-order chi connectivity index (χ0) is 19.2. The van der Waals surface area contributed by atoms with Gasteiger partial charge in [-0.25, -0.2) is 9.52 Å². The maximum Gasteiger partial charge on any atom is 0.409 e. The van der Waals surface area contributed by atoms with Gasteiger partial charge >= 0.3 is 6.09 Å². The van der Waals surface area contributed by atoms with E-state index in [0.29, 0.717) is 51.2 Å². The molecule has 0 aromatic rings. The molecule has 0 bridgehead atoms. The minimum Gasteiger partial charge on any atom is -0.450 e.